The Labute approximate surface area is 308 Å². The van der Waals surface area contributed by atoms with Crippen LogP contribution >= 0.6 is 0 Å². The first-order valence-electron chi connectivity index (χ1n) is 17.8. The van der Waals surface area contributed by atoms with E-state index in [0.29, 0.717) is 5.56 Å². The van der Waals surface area contributed by atoms with Crippen molar-refractivity contribution in [1.82, 2.24) is 19.1 Å². The van der Waals surface area contributed by atoms with E-state index in [0.717, 1.165) is 66.8 Å². The summed E-state index contributed by atoms with van der Waals surface area (Å²) in [4.78, 5) is 9.73. The molecule has 3 aromatic heterocycles. The van der Waals surface area contributed by atoms with Crippen LogP contribution in [-0.4, -0.2) is 19.1 Å². The zero-order valence-electron chi connectivity index (χ0n) is 29.5. The van der Waals surface area contributed by atoms with Gasteiger partial charge in [-0.05, 0) is 83.6 Å². The Morgan fingerprint density at radius 2 is 1.19 bits per heavy atom. The average molecular weight is 682 g/mol. The van der Waals surface area contributed by atoms with E-state index < -0.39 is 5.41 Å². The Bertz CT molecular complexity index is 2750. The molecule has 9 aromatic rings. The quantitative estimate of drug-likeness (QED) is 0.157. The number of nitrogens with zero attached hydrogens (tertiary/aromatic N) is 5. The van der Waals surface area contributed by atoms with Gasteiger partial charge >= 0.3 is 0 Å². The van der Waals surface area contributed by atoms with E-state index in [2.05, 4.69) is 163 Å². The Hall–Kier alpha value is -7.03. The molecule has 6 aromatic carbocycles. The minimum Gasteiger partial charge on any atom is -0.305 e. The Morgan fingerprint density at radius 3 is 1.87 bits per heavy atom. The van der Waals surface area contributed by atoms with Crippen LogP contribution in [0.25, 0.3) is 44.6 Å². The molecule has 0 N–H and O–H groups in total. The molecular weight excluding hydrogens is 647 g/mol. The van der Waals surface area contributed by atoms with Gasteiger partial charge in [0.2, 0.25) is 0 Å². The minimum atomic E-state index is -0.703. The molecule has 9 rings (SSSR count). The van der Waals surface area contributed by atoms with Gasteiger partial charge < -0.3 is 4.57 Å². The van der Waals surface area contributed by atoms with Crippen LogP contribution in [0.3, 0.4) is 0 Å². The highest BCUT2D eigenvalue weighted by atomic mass is 15.1. The van der Waals surface area contributed by atoms with Crippen molar-refractivity contribution in [1.29, 1.82) is 5.26 Å². The molecule has 5 heteroatoms. The highest BCUT2D eigenvalue weighted by molar-refractivity contribution is 6.09. The largest absolute Gasteiger partial charge is 0.305 e. The smallest absolute Gasteiger partial charge is 0.137 e. The van der Waals surface area contributed by atoms with Gasteiger partial charge in [0, 0.05) is 28.7 Å². The SMILES string of the molecule is Cc1cccc(C)c1-n1cnc(-c2cccc(C(c3ccccc3)(c3ccccc3)c3ccc4c5ccc(C#N)cc5n(-c5ccccn5)c4c3)c2)c1. The average Bonchev–Trinajstić information content (AvgIpc) is 3.82. The lowest BCUT2D eigenvalue weighted by Crippen LogP contribution is -2.31. The van der Waals surface area contributed by atoms with Crippen LogP contribution in [0.5, 0.6) is 0 Å². The van der Waals surface area contributed by atoms with Crippen molar-refractivity contribution in [3.63, 3.8) is 0 Å². The van der Waals surface area contributed by atoms with Crippen LogP contribution in [0, 0.1) is 25.2 Å². The number of benzene rings is 6. The molecule has 0 amide bonds. The van der Waals surface area contributed by atoms with Crippen molar-refractivity contribution in [3.05, 3.63) is 215 Å². The summed E-state index contributed by atoms with van der Waals surface area (Å²) >= 11 is 0. The lowest BCUT2D eigenvalue weighted by atomic mass is 9.65. The summed E-state index contributed by atoms with van der Waals surface area (Å²) in [5, 5.41) is 12.0. The maximum atomic E-state index is 9.87. The van der Waals surface area contributed by atoms with Gasteiger partial charge in [-0.3, -0.25) is 4.57 Å². The molecule has 3 heterocycles. The first-order valence-corrected chi connectivity index (χ1v) is 17.8. The molecular formula is C48H35N5. The van der Waals surface area contributed by atoms with Gasteiger partial charge in [-0.1, -0.05) is 121 Å². The van der Waals surface area contributed by atoms with Gasteiger partial charge in [-0.15, -0.1) is 0 Å². The number of rotatable bonds is 7. The first kappa shape index (κ1) is 31.9. The van der Waals surface area contributed by atoms with E-state index in [4.69, 9.17) is 9.97 Å². The lowest BCUT2D eigenvalue weighted by molar-refractivity contribution is 0.746. The van der Waals surface area contributed by atoms with Crippen LogP contribution in [-0.2, 0) is 5.41 Å². The second-order valence-electron chi connectivity index (χ2n) is 13.6. The standard InChI is InChI=1S/C48H35N5/c1-33-13-11-14-34(2)47(33)52-31-43(51-32-52)36-15-12-20-39(28-36)48(37-16-5-3-6-17-37,38-18-7-4-8-19-38)40-23-25-42-41-24-22-35(30-49)27-44(41)53(45(42)29-40)46-21-9-10-26-50-46/h3-29,31-32H,1-2H3. The van der Waals surface area contributed by atoms with Crippen molar-refractivity contribution in [3.8, 4) is 28.8 Å². The fraction of sp³-hybridized carbons (Fsp3) is 0.0625. The predicted molar refractivity (Wildman–Crippen MR) is 214 cm³/mol. The van der Waals surface area contributed by atoms with Crippen LogP contribution in [0.4, 0.5) is 0 Å². The van der Waals surface area contributed by atoms with Gasteiger partial charge in [0.25, 0.3) is 0 Å². The first-order chi connectivity index (χ1) is 26.1. The van der Waals surface area contributed by atoms with E-state index >= 15 is 0 Å². The maximum absolute atomic E-state index is 9.87. The van der Waals surface area contributed by atoms with Crippen LogP contribution in [0.1, 0.15) is 38.9 Å². The number of pyridine rings is 1. The fourth-order valence-electron chi connectivity index (χ4n) is 8.15. The van der Waals surface area contributed by atoms with Crippen molar-refractivity contribution >= 4 is 21.8 Å². The molecule has 0 radical (unpaired) electrons. The summed E-state index contributed by atoms with van der Waals surface area (Å²) in [5.41, 5.74) is 11.9. The summed E-state index contributed by atoms with van der Waals surface area (Å²) in [5.74, 6) is 0.797. The van der Waals surface area contributed by atoms with E-state index in [1.165, 1.54) is 11.1 Å². The molecule has 0 saturated carbocycles. The maximum Gasteiger partial charge on any atom is 0.137 e. The third-order valence-electron chi connectivity index (χ3n) is 10.5. The molecule has 0 saturated heterocycles. The van der Waals surface area contributed by atoms with Crippen LogP contribution in [0.2, 0.25) is 0 Å². The highest BCUT2D eigenvalue weighted by Gasteiger charge is 2.39. The number of aryl methyl sites for hydroxylation is 2. The number of para-hydroxylation sites is 1. The second kappa shape index (κ2) is 12.9. The topological polar surface area (TPSA) is 59.4 Å². The van der Waals surface area contributed by atoms with Crippen molar-refractivity contribution < 1.29 is 0 Å². The van der Waals surface area contributed by atoms with Gasteiger partial charge in [0.1, 0.15) is 5.82 Å². The minimum absolute atomic E-state index is 0.609. The zero-order valence-corrected chi connectivity index (χ0v) is 29.5. The highest BCUT2D eigenvalue weighted by Crippen LogP contribution is 2.47. The van der Waals surface area contributed by atoms with E-state index in [1.54, 1.807) is 0 Å². The fourth-order valence-corrected chi connectivity index (χ4v) is 8.15. The molecule has 0 atom stereocenters. The van der Waals surface area contributed by atoms with Gasteiger partial charge in [0.05, 0.1) is 45.8 Å². The number of fused-ring (bicyclic) bond motifs is 3. The molecule has 0 spiro atoms. The Balaban J connectivity index is 1.33. The molecule has 0 aliphatic carbocycles. The summed E-state index contributed by atoms with van der Waals surface area (Å²) in [7, 11) is 0. The molecule has 0 fully saturated rings. The van der Waals surface area contributed by atoms with Crippen molar-refractivity contribution in [2.24, 2.45) is 0 Å². The number of aromatic nitrogens is 4. The number of hydrogen-bond donors (Lipinski definition) is 0. The van der Waals surface area contributed by atoms with Crippen LogP contribution in [0.15, 0.2) is 176 Å². The Kier molecular flexibility index (Phi) is 7.79. The summed E-state index contributed by atoms with van der Waals surface area (Å²) in [6.07, 6.45) is 5.87. The van der Waals surface area contributed by atoms with Gasteiger partial charge in [-0.2, -0.15) is 5.26 Å². The summed E-state index contributed by atoms with van der Waals surface area (Å²) in [6.45, 7) is 4.28. The number of nitriles is 1. The molecule has 0 bridgehead atoms. The Morgan fingerprint density at radius 1 is 0.566 bits per heavy atom. The summed E-state index contributed by atoms with van der Waals surface area (Å²) in [6, 6.07) is 57.8. The van der Waals surface area contributed by atoms with E-state index in [9.17, 15) is 5.26 Å². The third kappa shape index (κ3) is 5.23. The molecule has 0 aliphatic rings. The molecule has 0 aliphatic heterocycles. The molecule has 5 nitrogen and oxygen atoms in total. The number of imidazole rings is 1. The van der Waals surface area contributed by atoms with Gasteiger partial charge in [-0.25, -0.2) is 9.97 Å². The lowest BCUT2D eigenvalue weighted by Gasteiger charge is -2.37. The normalized spacial score (nSPS) is 11.6. The van der Waals surface area contributed by atoms with Crippen LogP contribution < -0.4 is 0 Å². The van der Waals surface area contributed by atoms with E-state index in [-0.39, 0.29) is 0 Å². The predicted octanol–water partition coefficient (Wildman–Crippen LogP) is 10.9. The van der Waals surface area contributed by atoms with E-state index in [1.807, 2.05) is 42.9 Å². The molecule has 0 unspecified atom stereocenters. The van der Waals surface area contributed by atoms with Gasteiger partial charge in [0.15, 0.2) is 0 Å². The molecule has 53 heavy (non-hydrogen) atoms. The van der Waals surface area contributed by atoms with Crippen molar-refractivity contribution in [2.75, 3.05) is 0 Å². The zero-order chi connectivity index (χ0) is 35.9. The molecule has 252 valence electrons. The number of hydrogen-bond acceptors (Lipinski definition) is 3. The third-order valence-corrected chi connectivity index (χ3v) is 10.5. The second-order valence-corrected chi connectivity index (χ2v) is 13.6. The summed E-state index contributed by atoms with van der Waals surface area (Å²) < 4.78 is 4.32. The van der Waals surface area contributed by atoms with Crippen molar-refractivity contribution in [2.45, 2.75) is 19.3 Å². The monoisotopic (exact) mass is 681 g/mol.